The predicted octanol–water partition coefficient (Wildman–Crippen LogP) is 0.587. The zero-order valence-electron chi connectivity index (χ0n) is 9.69. The van der Waals surface area contributed by atoms with E-state index in [9.17, 15) is 4.79 Å². The first kappa shape index (κ1) is 11.1. The van der Waals surface area contributed by atoms with E-state index in [2.05, 4.69) is 5.10 Å². The second kappa shape index (κ2) is 3.90. The summed E-state index contributed by atoms with van der Waals surface area (Å²) in [6.45, 7) is 0.552. The molecule has 2 N–H and O–H groups in total. The number of ether oxygens (including phenoxy) is 1. The number of hydrogen-bond donors (Lipinski definition) is 1. The third-order valence-electron chi connectivity index (χ3n) is 3.55. The lowest BCUT2D eigenvalue weighted by Gasteiger charge is -2.41. The van der Waals surface area contributed by atoms with Gasteiger partial charge in [0, 0.05) is 19.0 Å². The normalized spacial score (nSPS) is 17.9. The van der Waals surface area contributed by atoms with Crippen molar-refractivity contribution in [3.8, 4) is 0 Å². The van der Waals surface area contributed by atoms with Crippen molar-refractivity contribution in [2.24, 2.45) is 12.8 Å². The Morgan fingerprint density at radius 3 is 2.81 bits per heavy atom. The maximum atomic E-state index is 11.6. The molecule has 0 aromatic carbocycles. The van der Waals surface area contributed by atoms with Gasteiger partial charge in [-0.05, 0) is 12.8 Å². The monoisotopic (exact) mass is 223 g/mol. The van der Waals surface area contributed by atoms with Crippen LogP contribution in [0.3, 0.4) is 0 Å². The van der Waals surface area contributed by atoms with Gasteiger partial charge in [0.15, 0.2) is 0 Å². The molecule has 1 aliphatic carbocycles. The lowest BCUT2D eigenvalue weighted by molar-refractivity contribution is 0.0594. The summed E-state index contributed by atoms with van der Waals surface area (Å²) in [6, 6.07) is 0. The Morgan fingerprint density at radius 1 is 1.69 bits per heavy atom. The van der Waals surface area contributed by atoms with Crippen LogP contribution in [0.25, 0.3) is 0 Å². The van der Waals surface area contributed by atoms with Crippen molar-refractivity contribution < 1.29 is 9.53 Å². The van der Waals surface area contributed by atoms with Gasteiger partial charge in [-0.3, -0.25) is 4.68 Å². The van der Waals surface area contributed by atoms with E-state index in [1.807, 2.05) is 7.05 Å². The molecule has 1 heterocycles. The summed E-state index contributed by atoms with van der Waals surface area (Å²) in [7, 11) is 3.23. The minimum absolute atomic E-state index is 0.0746. The molecule has 1 saturated carbocycles. The fourth-order valence-electron chi connectivity index (χ4n) is 2.47. The number of nitrogens with zero attached hydrogens (tertiary/aromatic N) is 2. The van der Waals surface area contributed by atoms with Crippen molar-refractivity contribution in [1.29, 1.82) is 0 Å². The zero-order chi connectivity index (χ0) is 11.8. The molecule has 0 bridgehead atoms. The second-order valence-corrected chi connectivity index (χ2v) is 4.36. The highest BCUT2D eigenvalue weighted by atomic mass is 16.5. The molecule has 0 saturated heterocycles. The summed E-state index contributed by atoms with van der Waals surface area (Å²) in [5.41, 5.74) is 7.25. The fourth-order valence-corrected chi connectivity index (χ4v) is 2.47. The van der Waals surface area contributed by atoms with E-state index in [1.54, 1.807) is 10.9 Å². The number of carbonyl (C=O) groups is 1. The van der Waals surface area contributed by atoms with Crippen LogP contribution in [0, 0.1) is 0 Å². The summed E-state index contributed by atoms with van der Waals surface area (Å²) < 4.78 is 6.51. The number of methoxy groups -OCH3 is 1. The van der Waals surface area contributed by atoms with Gasteiger partial charge in [0.2, 0.25) is 0 Å². The molecule has 0 unspecified atom stereocenters. The molecule has 1 fully saturated rings. The zero-order valence-corrected chi connectivity index (χ0v) is 9.69. The molecular formula is C11H17N3O2. The van der Waals surface area contributed by atoms with Crippen LogP contribution in [0.15, 0.2) is 6.20 Å². The summed E-state index contributed by atoms with van der Waals surface area (Å²) in [5, 5.41) is 4.14. The summed E-state index contributed by atoms with van der Waals surface area (Å²) >= 11 is 0. The number of rotatable bonds is 3. The topological polar surface area (TPSA) is 70.1 Å². The fraction of sp³-hybridized carbons (Fsp3) is 0.636. The summed E-state index contributed by atoms with van der Waals surface area (Å²) in [6.07, 6.45) is 4.76. The molecule has 5 nitrogen and oxygen atoms in total. The summed E-state index contributed by atoms with van der Waals surface area (Å²) in [5.74, 6) is -0.331. The average molecular weight is 223 g/mol. The Bertz CT molecular complexity index is 402. The van der Waals surface area contributed by atoms with E-state index in [-0.39, 0.29) is 11.4 Å². The molecule has 1 aromatic heterocycles. The minimum Gasteiger partial charge on any atom is -0.465 e. The van der Waals surface area contributed by atoms with E-state index >= 15 is 0 Å². The van der Waals surface area contributed by atoms with E-state index in [0.717, 1.165) is 25.0 Å². The Balaban J connectivity index is 2.46. The largest absolute Gasteiger partial charge is 0.465 e. The molecule has 2 rings (SSSR count). The van der Waals surface area contributed by atoms with Crippen molar-refractivity contribution in [1.82, 2.24) is 9.78 Å². The van der Waals surface area contributed by atoms with Crippen LogP contribution in [-0.2, 0) is 17.2 Å². The van der Waals surface area contributed by atoms with Gasteiger partial charge in [-0.2, -0.15) is 5.10 Å². The maximum Gasteiger partial charge on any atom is 0.341 e. The molecule has 0 spiro atoms. The minimum atomic E-state index is -0.331. The number of aryl methyl sites for hydroxylation is 1. The van der Waals surface area contributed by atoms with Gasteiger partial charge in [0.05, 0.1) is 19.0 Å². The van der Waals surface area contributed by atoms with Gasteiger partial charge in [-0.15, -0.1) is 0 Å². The molecule has 0 aliphatic heterocycles. The van der Waals surface area contributed by atoms with Crippen LogP contribution >= 0.6 is 0 Å². The quantitative estimate of drug-likeness (QED) is 0.761. The van der Waals surface area contributed by atoms with Crippen LogP contribution in [0.4, 0.5) is 0 Å². The Kier molecular flexibility index (Phi) is 2.71. The van der Waals surface area contributed by atoms with Crippen molar-refractivity contribution in [2.45, 2.75) is 24.7 Å². The van der Waals surface area contributed by atoms with Gasteiger partial charge >= 0.3 is 5.97 Å². The van der Waals surface area contributed by atoms with Crippen LogP contribution in [0.2, 0.25) is 0 Å². The van der Waals surface area contributed by atoms with Crippen molar-refractivity contribution in [2.75, 3.05) is 13.7 Å². The number of hydrogen-bond acceptors (Lipinski definition) is 4. The Hall–Kier alpha value is -1.36. The number of aromatic nitrogens is 2. The molecule has 5 heteroatoms. The molecule has 0 atom stereocenters. The average Bonchev–Trinajstić information content (AvgIpc) is 2.60. The number of esters is 1. The van der Waals surface area contributed by atoms with E-state index in [4.69, 9.17) is 10.5 Å². The number of carbonyl (C=O) groups excluding carboxylic acids is 1. The highest BCUT2D eigenvalue weighted by Crippen LogP contribution is 2.43. The molecule has 0 radical (unpaired) electrons. The smallest absolute Gasteiger partial charge is 0.341 e. The van der Waals surface area contributed by atoms with Crippen molar-refractivity contribution in [3.63, 3.8) is 0 Å². The van der Waals surface area contributed by atoms with Gasteiger partial charge in [-0.1, -0.05) is 6.42 Å². The molecule has 0 amide bonds. The Labute approximate surface area is 94.6 Å². The highest BCUT2D eigenvalue weighted by molar-refractivity contribution is 5.90. The van der Waals surface area contributed by atoms with Gasteiger partial charge in [0.25, 0.3) is 0 Å². The lowest BCUT2D eigenvalue weighted by Crippen LogP contribution is -2.44. The summed E-state index contributed by atoms with van der Waals surface area (Å²) in [4.78, 5) is 11.6. The van der Waals surface area contributed by atoms with E-state index < -0.39 is 0 Å². The molecular weight excluding hydrogens is 206 g/mol. The van der Waals surface area contributed by atoms with E-state index in [1.165, 1.54) is 7.11 Å². The third kappa shape index (κ3) is 1.43. The molecule has 1 aromatic rings. The van der Waals surface area contributed by atoms with Crippen LogP contribution < -0.4 is 5.73 Å². The lowest BCUT2D eigenvalue weighted by atomic mass is 9.65. The first-order chi connectivity index (χ1) is 7.64. The van der Waals surface area contributed by atoms with Crippen LogP contribution in [-0.4, -0.2) is 29.4 Å². The van der Waals surface area contributed by atoms with Gasteiger partial charge in [0.1, 0.15) is 5.56 Å². The van der Waals surface area contributed by atoms with Gasteiger partial charge < -0.3 is 10.5 Å². The third-order valence-corrected chi connectivity index (χ3v) is 3.55. The molecule has 16 heavy (non-hydrogen) atoms. The SMILES string of the molecule is COC(=O)c1cnn(C)c1C1(CN)CCC1. The molecule has 88 valence electrons. The first-order valence-corrected chi connectivity index (χ1v) is 5.45. The van der Waals surface area contributed by atoms with Crippen molar-refractivity contribution in [3.05, 3.63) is 17.5 Å². The van der Waals surface area contributed by atoms with Crippen LogP contribution in [0.5, 0.6) is 0 Å². The predicted molar refractivity (Wildman–Crippen MR) is 59.1 cm³/mol. The highest BCUT2D eigenvalue weighted by Gasteiger charge is 2.42. The Morgan fingerprint density at radius 2 is 2.38 bits per heavy atom. The first-order valence-electron chi connectivity index (χ1n) is 5.45. The van der Waals surface area contributed by atoms with E-state index in [0.29, 0.717) is 12.1 Å². The maximum absolute atomic E-state index is 11.6. The second-order valence-electron chi connectivity index (χ2n) is 4.36. The standard InChI is InChI=1S/C11H17N3O2/c1-14-9(11(7-12)4-3-5-11)8(6-13-14)10(15)16-2/h6H,3-5,7,12H2,1-2H3. The number of nitrogens with two attached hydrogens (primary N) is 1. The van der Waals surface area contributed by atoms with Crippen LogP contribution in [0.1, 0.15) is 35.3 Å². The molecule has 1 aliphatic rings. The van der Waals surface area contributed by atoms with Crippen molar-refractivity contribution >= 4 is 5.97 Å². The van der Waals surface area contributed by atoms with Gasteiger partial charge in [-0.25, -0.2) is 4.79 Å².